The summed E-state index contributed by atoms with van der Waals surface area (Å²) in [7, 11) is 0. The van der Waals surface area contributed by atoms with E-state index >= 15 is 0 Å². The van der Waals surface area contributed by atoms with E-state index in [0.717, 1.165) is 61.0 Å². The first kappa shape index (κ1) is 31.7. The number of aryl methyl sites for hydroxylation is 1. The van der Waals surface area contributed by atoms with Gasteiger partial charge in [-0.25, -0.2) is 9.97 Å². The topological polar surface area (TPSA) is 38.1 Å². The molecule has 0 saturated heterocycles. The lowest BCUT2D eigenvalue weighted by atomic mass is 9.67. The summed E-state index contributed by atoms with van der Waals surface area (Å²) >= 11 is 0. The predicted octanol–water partition coefficient (Wildman–Crippen LogP) is 12.8. The molecule has 9 aromatic rings. The van der Waals surface area contributed by atoms with Crippen molar-refractivity contribution in [3.63, 3.8) is 0 Å². The molecule has 0 saturated carbocycles. The number of hydrogen-bond acceptors (Lipinski definition) is 3. The molecular formula is C51H35N3. The van der Waals surface area contributed by atoms with Crippen molar-refractivity contribution in [3.8, 4) is 33.6 Å². The van der Waals surface area contributed by atoms with Gasteiger partial charge in [0.2, 0.25) is 0 Å². The van der Waals surface area contributed by atoms with Crippen molar-refractivity contribution in [2.24, 2.45) is 4.99 Å². The number of aliphatic imine (C=N–C) groups is 1. The van der Waals surface area contributed by atoms with Gasteiger partial charge >= 0.3 is 0 Å². The molecule has 0 bridgehead atoms. The van der Waals surface area contributed by atoms with E-state index in [2.05, 4.69) is 188 Å². The number of hydrogen-bond donors (Lipinski definition) is 0. The van der Waals surface area contributed by atoms with Gasteiger partial charge in [0.1, 0.15) is 0 Å². The number of nitrogens with zero attached hydrogens (tertiary/aromatic N) is 3. The summed E-state index contributed by atoms with van der Waals surface area (Å²) in [6.07, 6.45) is 3.42. The molecule has 10 rings (SSSR count). The van der Waals surface area contributed by atoms with E-state index < -0.39 is 5.41 Å². The highest BCUT2D eigenvalue weighted by Gasteiger charge is 2.46. The van der Waals surface area contributed by atoms with Crippen molar-refractivity contribution in [3.05, 3.63) is 210 Å². The van der Waals surface area contributed by atoms with Crippen molar-refractivity contribution in [2.45, 2.75) is 12.3 Å². The third-order valence-electron chi connectivity index (χ3n) is 11.1. The van der Waals surface area contributed by atoms with E-state index in [1.54, 1.807) is 12.3 Å². The Hall–Kier alpha value is -6.97. The normalized spacial score (nSPS) is 13.1. The van der Waals surface area contributed by atoms with Gasteiger partial charge in [-0.05, 0) is 75.5 Å². The third-order valence-corrected chi connectivity index (χ3v) is 11.1. The number of rotatable bonds is 6. The summed E-state index contributed by atoms with van der Waals surface area (Å²) in [6, 6.07) is 61.4. The minimum atomic E-state index is -0.475. The molecule has 0 amide bonds. The first-order valence-electron chi connectivity index (χ1n) is 18.4. The molecule has 0 N–H and O–H groups in total. The van der Waals surface area contributed by atoms with Crippen LogP contribution in [0.2, 0.25) is 0 Å². The predicted molar refractivity (Wildman–Crippen MR) is 226 cm³/mol. The maximum Gasteiger partial charge on any atom is 0.0968 e. The first-order chi connectivity index (χ1) is 26.6. The second kappa shape index (κ2) is 12.6. The molecule has 2 heterocycles. The van der Waals surface area contributed by atoms with Crippen molar-refractivity contribution in [1.29, 1.82) is 0 Å². The van der Waals surface area contributed by atoms with Crippen LogP contribution in [-0.4, -0.2) is 16.2 Å². The fourth-order valence-corrected chi connectivity index (χ4v) is 8.63. The summed E-state index contributed by atoms with van der Waals surface area (Å²) < 4.78 is 0. The Morgan fingerprint density at radius 2 is 1.22 bits per heavy atom. The standard InChI is InChI=1S/C51H35N3/c1-3-30-52-48-33(2)22-23-36-28-29-46(53-50(36)48)34-24-26-35(27-25-34)49-43-31-42-39-18-10-12-20-44(39)51(37-14-6-4-7-15-37,38-16-8-5-9-17-38)45(42)32-41(43)40-19-11-13-21-47(40)54-49/h3-32H,1H2,2H3. The lowest BCUT2D eigenvalue weighted by Gasteiger charge is -2.34. The molecule has 0 fully saturated rings. The van der Waals surface area contributed by atoms with Gasteiger partial charge in [0.05, 0.1) is 33.5 Å². The molecule has 0 radical (unpaired) electrons. The fourth-order valence-electron chi connectivity index (χ4n) is 8.63. The lowest BCUT2D eigenvalue weighted by Crippen LogP contribution is -2.28. The van der Waals surface area contributed by atoms with Crippen LogP contribution in [0.25, 0.3) is 66.2 Å². The molecule has 54 heavy (non-hydrogen) atoms. The highest BCUT2D eigenvalue weighted by Crippen LogP contribution is 2.57. The average molecular weight is 690 g/mol. The number of allylic oxidation sites excluding steroid dienone is 1. The second-order valence-electron chi connectivity index (χ2n) is 14.0. The summed E-state index contributed by atoms with van der Waals surface area (Å²) in [4.78, 5) is 15.1. The Balaban J connectivity index is 1.19. The molecule has 1 aliphatic carbocycles. The maximum atomic E-state index is 5.36. The van der Waals surface area contributed by atoms with Crippen LogP contribution in [0.3, 0.4) is 0 Å². The van der Waals surface area contributed by atoms with Crippen LogP contribution in [0.5, 0.6) is 0 Å². The van der Waals surface area contributed by atoms with Crippen molar-refractivity contribution in [1.82, 2.24) is 9.97 Å². The summed E-state index contributed by atoms with van der Waals surface area (Å²) in [5, 5.41) is 4.53. The van der Waals surface area contributed by atoms with Crippen molar-refractivity contribution < 1.29 is 0 Å². The Labute approximate surface area is 314 Å². The highest BCUT2D eigenvalue weighted by atomic mass is 14.8. The van der Waals surface area contributed by atoms with Gasteiger partial charge in [-0.2, -0.15) is 0 Å². The summed E-state index contributed by atoms with van der Waals surface area (Å²) in [5.41, 5.74) is 14.9. The monoisotopic (exact) mass is 689 g/mol. The molecule has 0 aliphatic heterocycles. The maximum absolute atomic E-state index is 5.36. The smallest absolute Gasteiger partial charge is 0.0968 e. The van der Waals surface area contributed by atoms with E-state index in [0.29, 0.717) is 0 Å². The highest BCUT2D eigenvalue weighted by molar-refractivity contribution is 6.13. The zero-order valence-electron chi connectivity index (χ0n) is 29.9. The first-order valence-corrected chi connectivity index (χ1v) is 18.4. The Bertz CT molecular complexity index is 2900. The lowest BCUT2D eigenvalue weighted by molar-refractivity contribution is 0.769. The number of para-hydroxylation sites is 1. The van der Waals surface area contributed by atoms with Crippen LogP contribution in [0.1, 0.15) is 27.8 Å². The van der Waals surface area contributed by atoms with Crippen LogP contribution >= 0.6 is 0 Å². The van der Waals surface area contributed by atoms with Crippen molar-refractivity contribution in [2.75, 3.05) is 0 Å². The third kappa shape index (κ3) is 4.79. The van der Waals surface area contributed by atoms with Crippen LogP contribution < -0.4 is 0 Å². The minimum Gasteiger partial charge on any atom is -0.254 e. The van der Waals surface area contributed by atoms with E-state index in [-0.39, 0.29) is 0 Å². The zero-order valence-corrected chi connectivity index (χ0v) is 29.9. The molecule has 3 nitrogen and oxygen atoms in total. The fraction of sp³-hybridized carbons (Fsp3) is 0.0392. The van der Waals surface area contributed by atoms with Crippen LogP contribution in [0, 0.1) is 6.92 Å². The van der Waals surface area contributed by atoms with Crippen LogP contribution in [-0.2, 0) is 5.41 Å². The number of fused-ring (bicyclic) bond motifs is 7. The van der Waals surface area contributed by atoms with E-state index in [4.69, 9.17) is 9.97 Å². The van der Waals surface area contributed by atoms with E-state index in [9.17, 15) is 0 Å². The van der Waals surface area contributed by atoms with Gasteiger partial charge in [-0.1, -0.05) is 158 Å². The van der Waals surface area contributed by atoms with Crippen molar-refractivity contribution >= 4 is 44.5 Å². The van der Waals surface area contributed by atoms with Gasteiger partial charge in [-0.15, -0.1) is 0 Å². The van der Waals surface area contributed by atoms with Gasteiger partial charge < -0.3 is 0 Å². The average Bonchev–Trinajstić information content (AvgIpc) is 3.53. The molecular weight excluding hydrogens is 655 g/mol. The minimum absolute atomic E-state index is 0.475. The van der Waals surface area contributed by atoms with Gasteiger partial charge in [0.15, 0.2) is 0 Å². The van der Waals surface area contributed by atoms with Crippen LogP contribution in [0.15, 0.2) is 188 Å². The summed E-state index contributed by atoms with van der Waals surface area (Å²) in [6.45, 7) is 5.87. The Kier molecular flexibility index (Phi) is 7.41. The number of benzene rings is 7. The number of pyridine rings is 2. The largest absolute Gasteiger partial charge is 0.254 e. The molecule has 7 aromatic carbocycles. The quantitative estimate of drug-likeness (QED) is 0.129. The van der Waals surface area contributed by atoms with Gasteiger partial charge in [-0.3, -0.25) is 4.99 Å². The zero-order chi connectivity index (χ0) is 36.2. The second-order valence-corrected chi connectivity index (χ2v) is 14.0. The molecule has 2 aromatic heterocycles. The molecule has 3 heteroatoms. The molecule has 254 valence electrons. The Morgan fingerprint density at radius 1 is 0.556 bits per heavy atom. The van der Waals surface area contributed by atoms with E-state index in [1.807, 2.05) is 0 Å². The summed E-state index contributed by atoms with van der Waals surface area (Å²) in [5.74, 6) is 0. The Morgan fingerprint density at radius 3 is 1.98 bits per heavy atom. The SMILES string of the molecule is C=CC=Nc1c(C)ccc2ccc(-c3ccc(-c4nc5ccccc5c5cc6c(cc45)-c4ccccc4C6(c4ccccc4)c4ccccc4)cc3)nc12. The van der Waals surface area contributed by atoms with Gasteiger partial charge in [0, 0.05) is 33.5 Å². The molecule has 0 spiro atoms. The molecule has 1 aliphatic rings. The molecule has 0 unspecified atom stereocenters. The van der Waals surface area contributed by atoms with Gasteiger partial charge in [0.25, 0.3) is 0 Å². The van der Waals surface area contributed by atoms with E-state index in [1.165, 1.54) is 38.8 Å². The molecule has 0 atom stereocenters. The van der Waals surface area contributed by atoms with Crippen LogP contribution in [0.4, 0.5) is 5.69 Å². The number of aromatic nitrogens is 2.